The fourth-order valence-electron chi connectivity index (χ4n) is 2.40. The normalized spacial score (nSPS) is 12.6. The summed E-state index contributed by atoms with van der Waals surface area (Å²) in [5.41, 5.74) is 1.76. The standard InChI is InChI=1S/C16H20ClFN2/c1-3-5-16(19-2)12-8-9-20(10-12)11-13-14(17)6-4-7-15(13)18/h4,6-10,16,19H,3,5,11H2,1-2H3. The van der Waals surface area contributed by atoms with E-state index >= 15 is 0 Å². The lowest BCUT2D eigenvalue weighted by Gasteiger charge is -2.13. The second-order valence-corrected chi connectivity index (χ2v) is 5.35. The van der Waals surface area contributed by atoms with E-state index < -0.39 is 0 Å². The zero-order valence-corrected chi connectivity index (χ0v) is 12.6. The Morgan fingerprint density at radius 2 is 2.15 bits per heavy atom. The van der Waals surface area contributed by atoms with Gasteiger partial charge in [0.15, 0.2) is 0 Å². The smallest absolute Gasteiger partial charge is 0.129 e. The molecule has 0 aliphatic rings. The first-order valence-corrected chi connectivity index (χ1v) is 7.29. The molecule has 0 bridgehead atoms. The van der Waals surface area contributed by atoms with Gasteiger partial charge < -0.3 is 9.88 Å². The minimum absolute atomic E-state index is 0.258. The van der Waals surface area contributed by atoms with E-state index in [0.29, 0.717) is 23.2 Å². The highest BCUT2D eigenvalue weighted by molar-refractivity contribution is 6.31. The number of aromatic nitrogens is 1. The number of hydrogen-bond donors (Lipinski definition) is 1. The highest BCUT2D eigenvalue weighted by atomic mass is 35.5. The number of benzene rings is 1. The van der Waals surface area contributed by atoms with E-state index in [1.807, 2.05) is 17.8 Å². The number of nitrogens with zero attached hydrogens (tertiary/aromatic N) is 1. The lowest BCUT2D eigenvalue weighted by molar-refractivity contribution is 0.540. The zero-order chi connectivity index (χ0) is 14.5. The molecule has 1 heterocycles. The molecule has 1 unspecified atom stereocenters. The Hall–Kier alpha value is -1.32. The molecule has 1 atom stereocenters. The molecule has 2 aromatic rings. The molecule has 1 aromatic carbocycles. The molecular formula is C16H20ClFN2. The molecule has 2 rings (SSSR count). The average molecular weight is 295 g/mol. The van der Waals surface area contributed by atoms with Crippen molar-refractivity contribution in [2.45, 2.75) is 32.4 Å². The molecule has 0 aliphatic carbocycles. The van der Waals surface area contributed by atoms with Crippen molar-refractivity contribution in [2.24, 2.45) is 0 Å². The Labute approximate surface area is 124 Å². The summed E-state index contributed by atoms with van der Waals surface area (Å²) in [7, 11) is 1.96. The van der Waals surface area contributed by atoms with Crippen LogP contribution in [0.25, 0.3) is 0 Å². The summed E-state index contributed by atoms with van der Waals surface area (Å²) in [6, 6.07) is 7.21. The van der Waals surface area contributed by atoms with Crippen molar-refractivity contribution < 1.29 is 4.39 Å². The Bertz CT molecular complexity index is 545. The second kappa shape index (κ2) is 6.91. The molecule has 0 saturated heterocycles. The van der Waals surface area contributed by atoms with Crippen LogP contribution in [0.1, 0.15) is 36.9 Å². The van der Waals surface area contributed by atoms with E-state index in [1.54, 1.807) is 12.1 Å². The van der Waals surface area contributed by atoms with Crippen molar-refractivity contribution in [1.29, 1.82) is 0 Å². The van der Waals surface area contributed by atoms with Crippen LogP contribution in [0, 0.1) is 5.82 Å². The average Bonchev–Trinajstić information content (AvgIpc) is 2.89. The molecule has 2 nitrogen and oxygen atoms in total. The van der Waals surface area contributed by atoms with Gasteiger partial charge in [0.1, 0.15) is 5.82 Å². The zero-order valence-electron chi connectivity index (χ0n) is 11.9. The van der Waals surface area contributed by atoms with E-state index in [0.717, 1.165) is 12.8 Å². The van der Waals surface area contributed by atoms with Crippen molar-refractivity contribution in [2.75, 3.05) is 7.05 Å². The summed E-state index contributed by atoms with van der Waals surface area (Å²) >= 11 is 6.06. The summed E-state index contributed by atoms with van der Waals surface area (Å²) in [6.45, 7) is 2.62. The summed E-state index contributed by atoms with van der Waals surface area (Å²) in [5, 5.41) is 3.78. The van der Waals surface area contributed by atoms with Gasteiger partial charge in [-0.3, -0.25) is 0 Å². The largest absolute Gasteiger partial charge is 0.349 e. The predicted octanol–water partition coefficient (Wildman–Crippen LogP) is 4.39. The molecule has 4 heteroatoms. The number of rotatable bonds is 6. The first kappa shape index (κ1) is 15.1. The van der Waals surface area contributed by atoms with Gasteiger partial charge in [0.05, 0.1) is 6.54 Å². The highest BCUT2D eigenvalue weighted by Gasteiger charge is 2.11. The van der Waals surface area contributed by atoms with Crippen LogP contribution in [0.5, 0.6) is 0 Å². The molecule has 0 saturated carbocycles. The summed E-state index contributed by atoms with van der Waals surface area (Å²) in [5.74, 6) is -0.258. The van der Waals surface area contributed by atoms with Crippen LogP contribution in [-0.4, -0.2) is 11.6 Å². The Kier molecular flexibility index (Phi) is 5.21. The van der Waals surface area contributed by atoms with Gasteiger partial charge in [-0.15, -0.1) is 0 Å². The van der Waals surface area contributed by atoms with Crippen LogP contribution in [0.3, 0.4) is 0 Å². The van der Waals surface area contributed by atoms with Crippen molar-refractivity contribution in [1.82, 2.24) is 9.88 Å². The van der Waals surface area contributed by atoms with E-state index in [2.05, 4.69) is 24.5 Å². The third kappa shape index (κ3) is 3.41. The van der Waals surface area contributed by atoms with Gasteiger partial charge >= 0.3 is 0 Å². The van der Waals surface area contributed by atoms with Crippen molar-refractivity contribution >= 4 is 11.6 Å². The highest BCUT2D eigenvalue weighted by Crippen LogP contribution is 2.22. The Morgan fingerprint density at radius 1 is 1.35 bits per heavy atom. The van der Waals surface area contributed by atoms with E-state index in [4.69, 9.17) is 11.6 Å². The second-order valence-electron chi connectivity index (χ2n) is 4.95. The van der Waals surface area contributed by atoms with Gasteiger partial charge in [-0.25, -0.2) is 4.39 Å². The lowest BCUT2D eigenvalue weighted by atomic mass is 10.1. The molecule has 0 aliphatic heterocycles. The fraction of sp³-hybridized carbons (Fsp3) is 0.375. The van der Waals surface area contributed by atoms with Crippen LogP contribution < -0.4 is 5.32 Å². The maximum Gasteiger partial charge on any atom is 0.129 e. The SMILES string of the molecule is CCCC(NC)c1ccn(Cc2c(F)cccc2Cl)c1. The van der Waals surface area contributed by atoms with Crippen LogP contribution in [0.4, 0.5) is 4.39 Å². The van der Waals surface area contributed by atoms with Crippen LogP contribution >= 0.6 is 11.6 Å². The maximum absolute atomic E-state index is 13.8. The first-order valence-electron chi connectivity index (χ1n) is 6.91. The monoisotopic (exact) mass is 294 g/mol. The number of nitrogens with one attached hydrogen (secondary N) is 1. The first-order chi connectivity index (χ1) is 9.65. The molecule has 0 amide bonds. The molecule has 1 aromatic heterocycles. The van der Waals surface area contributed by atoms with Crippen LogP contribution in [0.2, 0.25) is 5.02 Å². The minimum atomic E-state index is -0.258. The Balaban J connectivity index is 2.17. The number of hydrogen-bond acceptors (Lipinski definition) is 1. The number of halogens is 2. The van der Waals surface area contributed by atoms with Crippen molar-refractivity contribution in [3.8, 4) is 0 Å². The van der Waals surface area contributed by atoms with E-state index in [9.17, 15) is 4.39 Å². The molecule has 0 radical (unpaired) electrons. The fourth-order valence-corrected chi connectivity index (χ4v) is 2.62. The van der Waals surface area contributed by atoms with Crippen LogP contribution in [0.15, 0.2) is 36.7 Å². The van der Waals surface area contributed by atoms with E-state index in [1.165, 1.54) is 11.6 Å². The summed E-state index contributed by atoms with van der Waals surface area (Å²) in [6.07, 6.45) is 6.23. The predicted molar refractivity (Wildman–Crippen MR) is 81.7 cm³/mol. The third-order valence-corrected chi connectivity index (χ3v) is 3.86. The van der Waals surface area contributed by atoms with E-state index in [-0.39, 0.29) is 5.82 Å². The summed E-state index contributed by atoms with van der Waals surface area (Å²) < 4.78 is 15.8. The third-order valence-electron chi connectivity index (χ3n) is 3.50. The Morgan fingerprint density at radius 3 is 2.80 bits per heavy atom. The maximum atomic E-state index is 13.8. The van der Waals surface area contributed by atoms with Crippen molar-refractivity contribution in [3.05, 3.63) is 58.6 Å². The van der Waals surface area contributed by atoms with Crippen LogP contribution in [-0.2, 0) is 6.54 Å². The molecule has 0 fully saturated rings. The van der Waals surface area contributed by atoms with Gasteiger partial charge in [0.25, 0.3) is 0 Å². The van der Waals surface area contributed by atoms with Gasteiger partial charge in [-0.05, 0) is 37.2 Å². The van der Waals surface area contributed by atoms with Gasteiger partial charge in [-0.2, -0.15) is 0 Å². The molecular weight excluding hydrogens is 275 g/mol. The molecule has 20 heavy (non-hydrogen) atoms. The quantitative estimate of drug-likeness (QED) is 0.836. The van der Waals surface area contributed by atoms with Gasteiger partial charge in [0.2, 0.25) is 0 Å². The minimum Gasteiger partial charge on any atom is -0.349 e. The topological polar surface area (TPSA) is 17.0 Å². The summed E-state index contributed by atoms with van der Waals surface area (Å²) in [4.78, 5) is 0. The van der Waals surface area contributed by atoms with Gasteiger partial charge in [0, 0.05) is 29.0 Å². The van der Waals surface area contributed by atoms with Gasteiger partial charge in [-0.1, -0.05) is 31.0 Å². The molecule has 1 N–H and O–H groups in total. The molecule has 0 spiro atoms. The molecule has 108 valence electrons. The lowest BCUT2D eigenvalue weighted by Crippen LogP contribution is -2.15. The van der Waals surface area contributed by atoms with Crippen molar-refractivity contribution in [3.63, 3.8) is 0 Å².